The predicted octanol–water partition coefficient (Wildman–Crippen LogP) is 3.34. The Balaban J connectivity index is 2.00. The van der Waals surface area contributed by atoms with Crippen LogP contribution in [-0.2, 0) is 0 Å². The molecule has 1 amide bonds. The van der Waals surface area contributed by atoms with E-state index >= 15 is 0 Å². The molecule has 1 heterocycles. The van der Waals surface area contributed by atoms with E-state index in [1.165, 1.54) is 0 Å². The van der Waals surface area contributed by atoms with Crippen LogP contribution in [0.25, 0.3) is 0 Å². The number of nitrogens with zero attached hydrogens (tertiary/aromatic N) is 3. The molecule has 0 atom stereocenters. The van der Waals surface area contributed by atoms with Crippen LogP contribution in [0.3, 0.4) is 0 Å². The Morgan fingerprint density at radius 3 is 2.42 bits per heavy atom. The van der Waals surface area contributed by atoms with Gasteiger partial charge in [0.05, 0.1) is 0 Å². The number of rotatable bonds is 2. The molecule has 5 nitrogen and oxygen atoms in total. The average Bonchev–Trinajstić information content (AvgIpc) is 2.81. The quantitative estimate of drug-likeness (QED) is 0.904. The average molecular weight is 283 g/mol. The summed E-state index contributed by atoms with van der Waals surface area (Å²) in [5.74, 6) is 0.458. The molecule has 1 saturated carbocycles. The highest BCUT2D eigenvalue weighted by molar-refractivity contribution is 7.09. The Kier molecular flexibility index (Phi) is 4.08. The van der Waals surface area contributed by atoms with E-state index in [9.17, 15) is 9.90 Å². The van der Waals surface area contributed by atoms with Gasteiger partial charge in [0.1, 0.15) is 10.5 Å². The van der Waals surface area contributed by atoms with E-state index in [0.29, 0.717) is 5.92 Å². The van der Waals surface area contributed by atoms with Gasteiger partial charge >= 0.3 is 6.09 Å². The fourth-order valence-corrected chi connectivity index (χ4v) is 3.66. The first-order chi connectivity index (χ1) is 8.89. The van der Waals surface area contributed by atoms with Crippen molar-refractivity contribution < 1.29 is 9.90 Å². The number of carbonyl (C=O) groups is 1. The van der Waals surface area contributed by atoms with Gasteiger partial charge in [-0.2, -0.15) is 0 Å². The molecule has 1 aliphatic carbocycles. The SMILES string of the molecule is CC(C)(C)N(C(=O)O)C1CCC(c2nncs2)CC1. The van der Waals surface area contributed by atoms with Crippen LogP contribution in [0.2, 0.25) is 0 Å². The van der Waals surface area contributed by atoms with Gasteiger partial charge in [-0.1, -0.05) is 0 Å². The molecule has 0 aliphatic heterocycles. The van der Waals surface area contributed by atoms with Gasteiger partial charge < -0.3 is 10.0 Å². The van der Waals surface area contributed by atoms with Crippen molar-refractivity contribution in [2.24, 2.45) is 0 Å². The lowest BCUT2D eigenvalue weighted by Crippen LogP contribution is -2.52. The summed E-state index contributed by atoms with van der Waals surface area (Å²) in [6.45, 7) is 5.87. The van der Waals surface area contributed by atoms with Crippen molar-refractivity contribution in [2.75, 3.05) is 0 Å². The van der Waals surface area contributed by atoms with Crippen molar-refractivity contribution in [3.63, 3.8) is 0 Å². The van der Waals surface area contributed by atoms with Crippen LogP contribution in [0, 0.1) is 0 Å². The van der Waals surface area contributed by atoms with E-state index in [1.54, 1.807) is 21.7 Å². The lowest BCUT2D eigenvalue weighted by molar-refractivity contribution is 0.0546. The summed E-state index contributed by atoms with van der Waals surface area (Å²) in [5.41, 5.74) is 1.42. The smallest absolute Gasteiger partial charge is 0.407 e. The Labute approximate surface area is 117 Å². The van der Waals surface area contributed by atoms with Crippen molar-refractivity contribution >= 4 is 17.4 Å². The molecule has 0 spiro atoms. The van der Waals surface area contributed by atoms with Gasteiger partial charge in [-0.3, -0.25) is 0 Å². The Hall–Kier alpha value is -1.17. The molecule has 1 N–H and O–H groups in total. The molecule has 1 fully saturated rings. The van der Waals surface area contributed by atoms with Crippen LogP contribution in [-0.4, -0.2) is 37.9 Å². The molecule has 1 aromatic heterocycles. The van der Waals surface area contributed by atoms with E-state index in [-0.39, 0.29) is 11.6 Å². The maximum Gasteiger partial charge on any atom is 0.407 e. The largest absolute Gasteiger partial charge is 0.465 e. The van der Waals surface area contributed by atoms with Crippen LogP contribution in [0.5, 0.6) is 0 Å². The van der Waals surface area contributed by atoms with Gasteiger partial charge in [-0.05, 0) is 46.5 Å². The topological polar surface area (TPSA) is 66.3 Å². The third-order valence-corrected chi connectivity index (χ3v) is 4.57. The maximum atomic E-state index is 11.5. The molecule has 0 saturated heterocycles. The van der Waals surface area contributed by atoms with Crippen LogP contribution >= 0.6 is 11.3 Å². The van der Waals surface area contributed by atoms with Crippen molar-refractivity contribution in [1.29, 1.82) is 0 Å². The molecule has 0 radical (unpaired) electrons. The minimum Gasteiger partial charge on any atom is -0.465 e. The second kappa shape index (κ2) is 5.45. The van der Waals surface area contributed by atoms with Gasteiger partial charge in [0.25, 0.3) is 0 Å². The second-order valence-corrected chi connectivity index (χ2v) is 6.97. The molecule has 0 unspecified atom stereocenters. The van der Waals surface area contributed by atoms with E-state index in [1.807, 2.05) is 20.8 Å². The standard InChI is InChI=1S/C13H21N3O2S/c1-13(2,3)16(12(17)18)10-6-4-9(5-7-10)11-15-14-8-19-11/h8-10H,4-7H2,1-3H3,(H,17,18). The van der Waals surface area contributed by atoms with E-state index in [0.717, 1.165) is 30.7 Å². The first-order valence-electron chi connectivity index (χ1n) is 6.68. The van der Waals surface area contributed by atoms with Crippen LogP contribution in [0.15, 0.2) is 5.51 Å². The van der Waals surface area contributed by atoms with Crippen LogP contribution in [0.1, 0.15) is 57.4 Å². The zero-order valence-corrected chi connectivity index (χ0v) is 12.5. The third-order valence-electron chi connectivity index (χ3n) is 3.72. The third kappa shape index (κ3) is 3.23. The molecule has 1 aliphatic rings. The summed E-state index contributed by atoms with van der Waals surface area (Å²) < 4.78 is 0. The molecule has 0 bridgehead atoms. The van der Waals surface area contributed by atoms with Gasteiger partial charge in [0, 0.05) is 17.5 Å². The van der Waals surface area contributed by atoms with E-state index in [2.05, 4.69) is 10.2 Å². The minimum absolute atomic E-state index is 0.127. The van der Waals surface area contributed by atoms with Gasteiger partial charge in [0.2, 0.25) is 0 Å². The lowest BCUT2D eigenvalue weighted by Gasteiger charge is -2.42. The predicted molar refractivity (Wildman–Crippen MR) is 74.5 cm³/mol. The molecule has 1 aromatic rings. The molecule has 0 aromatic carbocycles. The zero-order valence-electron chi connectivity index (χ0n) is 11.7. The molecular weight excluding hydrogens is 262 g/mol. The number of amides is 1. The fourth-order valence-electron chi connectivity index (χ4n) is 2.93. The van der Waals surface area contributed by atoms with Gasteiger partial charge in [-0.15, -0.1) is 21.5 Å². The summed E-state index contributed by atoms with van der Waals surface area (Å²) >= 11 is 1.60. The Morgan fingerprint density at radius 1 is 1.37 bits per heavy atom. The summed E-state index contributed by atoms with van der Waals surface area (Å²) in [5, 5.41) is 18.5. The lowest BCUT2D eigenvalue weighted by atomic mass is 9.84. The Morgan fingerprint density at radius 2 is 2.00 bits per heavy atom. The van der Waals surface area contributed by atoms with E-state index in [4.69, 9.17) is 0 Å². The number of hydrogen-bond donors (Lipinski definition) is 1. The maximum absolute atomic E-state index is 11.5. The Bertz CT molecular complexity index is 420. The van der Waals surface area contributed by atoms with Crippen molar-refractivity contribution in [3.05, 3.63) is 10.5 Å². The van der Waals surface area contributed by atoms with Gasteiger partial charge in [-0.25, -0.2) is 4.79 Å². The zero-order chi connectivity index (χ0) is 14.0. The summed E-state index contributed by atoms with van der Waals surface area (Å²) in [6, 6.07) is 0.127. The fraction of sp³-hybridized carbons (Fsp3) is 0.769. The highest BCUT2D eigenvalue weighted by atomic mass is 32.1. The minimum atomic E-state index is -0.813. The van der Waals surface area contributed by atoms with Crippen molar-refractivity contribution in [2.45, 2.75) is 64.0 Å². The molecule has 19 heavy (non-hydrogen) atoms. The first-order valence-corrected chi connectivity index (χ1v) is 7.56. The highest BCUT2D eigenvalue weighted by Gasteiger charge is 2.36. The summed E-state index contributed by atoms with van der Waals surface area (Å²) in [7, 11) is 0. The molecule has 2 rings (SSSR count). The van der Waals surface area contributed by atoms with Crippen molar-refractivity contribution in [3.8, 4) is 0 Å². The molecule has 106 valence electrons. The monoisotopic (exact) mass is 283 g/mol. The molecule has 6 heteroatoms. The van der Waals surface area contributed by atoms with Crippen LogP contribution < -0.4 is 0 Å². The van der Waals surface area contributed by atoms with Gasteiger partial charge in [0.15, 0.2) is 0 Å². The number of carboxylic acid groups (broad SMARTS) is 1. The second-order valence-electron chi connectivity index (χ2n) is 6.11. The number of aromatic nitrogens is 2. The van der Waals surface area contributed by atoms with Crippen molar-refractivity contribution in [1.82, 2.24) is 15.1 Å². The first kappa shape index (κ1) is 14.2. The summed E-state index contributed by atoms with van der Waals surface area (Å²) in [6.07, 6.45) is 3.01. The highest BCUT2D eigenvalue weighted by Crippen LogP contribution is 2.37. The summed E-state index contributed by atoms with van der Waals surface area (Å²) in [4.78, 5) is 13.1. The van der Waals surface area contributed by atoms with E-state index < -0.39 is 6.09 Å². The molecular formula is C13H21N3O2S. The normalized spacial score (nSPS) is 24.2. The number of hydrogen-bond acceptors (Lipinski definition) is 4. The van der Waals surface area contributed by atoms with Crippen LogP contribution in [0.4, 0.5) is 4.79 Å².